The van der Waals surface area contributed by atoms with E-state index >= 15 is 0 Å². The van der Waals surface area contributed by atoms with Gasteiger partial charge in [0.05, 0.1) is 22.8 Å². The highest BCUT2D eigenvalue weighted by molar-refractivity contribution is 5.44. The molecule has 0 spiro atoms. The van der Waals surface area contributed by atoms with Crippen LogP contribution in [0.2, 0.25) is 0 Å². The molecule has 4 heterocycles. The van der Waals surface area contributed by atoms with Crippen molar-refractivity contribution in [1.82, 2.24) is 29.5 Å². The number of nitrogens with zero attached hydrogens (tertiary/aromatic N) is 6. The monoisotopic (exact) mass is 554 g/mol. The molecular formula is C35H50N6. The summed E-state index contributed by atoms with van der Waals surface area (Å²) in [6.45, 7) is 31.0. The molecular weight excluding hydrogens is 504 g/mol. The molecule has 0 unspecified atom stereocenters. The number of pyridine rings is 2. The maximum Gasteiger partial charge on any atom is 0.153 e. The molecule has 0 radical (unpaired) electrons. The van der Waals surface area contributed by atoms with E-state index in [1.54, 1.807) is 0 Å². The van der Waals surface area contributed by atoms with Crippen LogP contribution >= 0.6 is 0 Å². The van der Waals surface area contributed by atoms with E-state index in [1.807, 2.05) is 21.8 Å². The van der Waals surface area contributed by atoms with E-state index < -0.39 is 5.41 Å². The molecule has 0 bridgehead atoms. The first-order valence-corrected chi connectivity index (χ1v) is 14.8. The van der Waals surface area contributed by atoms with Crippen molar-refractivity contribution in [3.63, 3.8) is 0 Å². The Bertz CT molecular complexity index is 1420. The Morgan fingerprint density at radius 3 is 1.05 bits per heavy atom. The van der Waals surface area contributed by atoms with Gasteiger partial charge in [-0.3, -0.25) is 0 Å². The summed E-state index contributed by atoms with van der Waals surface area (Å²) in [5.41, 5.74) is 5.76. The van der Waals surface area contributed by atoms with Crippen molar-refractivity contribution in [2.24, 2.45) is 0 Å². The fourth-order valence-electron chi connectivity index (χ4n) is 4.61. The standard InChI is InChI=1S/C35H50N6/c1-31(2,3)23-19-27(36-29(21-23)40-17-15-25(38-40)33(7,8)9)35(13,14)28-20-24(32(4,5)6)22-30(37-28)41-18-16-26(39-41)34(10,11)12/h15-22H,1-14H3. The van der Waals surface area contributed by atoms with Crippen molar-refractivity contribution in [3.05, 3.63) is 82.7 Å². The molecule has 0 aliphatic heterocycles. The maximum atomic E-state index is 5.23. The molecule has 220 valence electrons. The Kier molecular flexibility index (Phi) is 7.42. The summed E-state index contributed by atoms with van der Waals surface area (Å²) >= 11 is 0. The van der Waals surface area contributed by atoms with E-state index in [2.05, 4.69) is 133 Å². The second-order valence-corrected chi connectivity index (χ2v) is 16.1. The van der Waals surface area contributed by atoms with E-state index in [1.165, 1.54) is 11.1 Å². The third-order valence-electron chi connectivity index (χ3n) is 7.82. The van der Waals surface area contributed by atoms with E-state index in [4.69, 9.17) is 20.2 Å². The van der Waals surface area contributed by atoms with E-state index in [0.717, 1.165) is 34.4 Å². The van der Waals surface area contributed by atoms with Crippen LogP contribution < -0.4 is 0 Å². The summed E-state index contributed by atoms with van der Waals surface area (Å²) in [6, 6.07) is 13.0. The average molecular weight is 555 g/mol. The fourth-order valence-corrected chi connectivity index (χ4v) is 4.61. The summed E-state index contributed by atoms with van der Waals surface area (Å²) in [6.07, 6.45) is 4.04. The van der Waals surface area contributed by atoms with Gasteiger partial charge < -0.3 is 0 Å². The van der Waals surface area contributed by atoms with Gasteiger partial charge in [-0.2, -0.15) is 10.2 Å². The van der Waals surface area contributed by atoms with Gasteiger partial charge in [-0.1, -0.05) is 83.1 Å². The number of rotatable bonds is 4. The van der Waals surface area contributed by atoms with Gasteiger partial charge in [0.15, 0.2) is 11.6 Å². The molecule has 6 nitrogen and oxygen atoms in total. The Balaban J connectivity index is 1.91. The summed E-state index contributed by atoms with van der Waals surface area (Å²) in [5.74, 6) is 1.65. The van der Waals surface area contributed by atoms with Gasteiger partial charge in [0.2, 0.25) is 0 Å². The van der Waals surface area contributed by atoms with E-state index in [0.29, 0.717) is 0 Å². The molecule has 0 saturated carbocycles. The fraction of sp³-hybridized carbons (Fsp3) is 0.543. The van der Waals surface area contributed by atoms with Crippen molar-refractivity contribution >= 4 is 0 Å². The normalized spacial score (nSPS) is 13.6. The Morgan fingerprint density at radius 2 is 0.780 bits per heavy atom. The van der Waals surface area contributed by atoms with Gasteiger partial charge in [0, 0.05) is 28.6 Å². The highest BCUT2D eigenvalue weighted by Gasteiger charge is 2.32. The van der Waals surface area contributed by atoms with Gasteiger partial charge in [-0.25, -0.2) is 19.3 Å². The third kappa shape index (κ3) is 6.47. The predicted octanol–water partition coefficient (Wildman–Crippen LogP) is 8.36. The SMILES string of the molecule is CC(C)(C)c1cc(-n2ccc(C(C)(C)C)n2)nc(C(C)(C)c2cc(C(C)(C)C)cc(-n3ccc(C(C)(C)C)n3)n2)c1. The molecule has 0 N–H and O–H groups in total. The van der Waals surface area contributed by atoms with Gasteiger partial charge in [0.1, 0.15) is 0 Å². The van der Waals surface area contributed by atoms with Crippen molar-refractivity contribution in [3.8, 4) is 11.6 Å². The first-order valence-electron chi connectivity index (χ1n) is 14.8. The first-order chi connectivity index (χ1) is 18.6. The maximum absolute atomic E-state index is 5.23. The van der Waals surface area contributed by atoms with Crippen LogP contribution in [0.3, 0.4) is 0 Å². The lowest BCUT2D eigenvalue weighted by Crippen LogP contribution is -2.27. The smallest absolute Gasteiger partial charge is 0.153 e. The van der Waals surface area contributed by atoms with Gasteiger partial charge in [-0.15, -0.1) is 0 Å². The second kappa shape index (κ2) is 9.92. The molecule has 0 aliphatic rings. The van der Waals surface area contributed by atoms with Crippen LogP contribution in [0.4, 0.5) is 0 Å². The minimum absolute atomic E-state index is 0.0396. The highest BCUT2D eigenvalue weighted by atomic mass is 15.3. The summed E-state index contributed by atoms with van der Waals surface area (Å²) in [7, 11) is 0. The predicted molar refractivity (Wildman–Crippen MR) is 170 cm³/mol. The minimum atomic E-state index is -0.480. The quantitative estimate of drug-likeness (QED) is 0.254. The molecule has 4 aromatic heterocycles. The molecule has 0 atom stereocenters. The minimum Gasteiger partial charge on any atom is -0.233 e. The number of aromatic nitrogens is 6. The van der Waals surface area contributed by atoms with Crippen LogP contribution in [0.1, 0.15) is 131 Å². The first kappa shape index (κ1) is 30.7. The van der Waals surface area contributed by atoms with E-state index in [9.17, 15) is 0 Å². The van der Waals surface area contributed by atoms with Crippen LogP contribution in [0, 0.1) is 0 Å². The van der Waals surface area contributed by atoms with Crippen LogP contribution in [0.25, 0.3) is 11.6 Å². The lowest BCUT2D eigenvalue weighted by Gasteiger charge is -2.30. The van der Waals surface area contributed by atoms with Crippen molar-refractivity contribution in [2.75, 3.05) is 0 Å². The summed E-state index contributed by atoms with van der Waals surface area (Å²) in [5, 5.41) is 9.84. The molecule has 6 heteroatoms. The Hall–Kier alpha value is -3.28. The zero-order valence-corrected chi connectivity index (χ0v) is 27.8. The van der Waals surface area contributed by atoms with Crippen LogP contribution in [-0.4, -0.2) is 29.5 Å². The highest BCUT2D eigenvalue weighted by Crippen LogP contribution is 2.36. The third-order valence-corrected chi connectivity index (χ3v) is 7.82. The summed E-state index contributed by atoms with van der Waals surface area (Å²) < 4.78 is 3.83. The molecule has 0 aliphatic carbocycles. The van der Waals surface area contributed by atoms with Crippen LogP contribution in [0.5, 0.6) is 0 Å². The average Bonchev–Trinajstić information content (AvgIpc) is 3.53. The topological polar surface area (TPSA) is 61.4 Å². The number of hydrogen-bond donors (Lipinski definition) is 0. The van der Waals surface area contributed by atoms with Gasteiger partial charge >= 0.3 is 0 Å². The Labute approximate surface area is 247 Å². The molecule has 0 amide bonds. The lowest BCUT2D eigenvalue weighted by molar-refractivity contribution is 0.544. The van der Waals surface area contributed by atoms with Crippen molar-refractivity contribution < 1.29 is 0 Å². The van der Waals surface area contributed by atoms with Crippen molar-refractivity contribution in [1.29, 1.82) is 0 Å². The van der Waals surface area contributed by atoms with Crippen molar-refractivity contribution in [2.45, 2.75) is 124 Å². The number of hydrogen-bond acceptors (Lipinski definition) is 4. The van der Waals surface area contributed by atoms with Gasteiger partial charge in [0.25, 0.3) is 0 Å². The Morgan fingerprint density at radius 1 is 0.439 bits per heavy atom. The molecule has 4 aromatic rings. The van der Waals surface area contributed by atoms with E-state index in [-0.39, 0.29) is 21.7 Å². The lowest BCUT2D eigenvalue weighted by atomic mass is 9.78. The van der Waals surface area contributed by atoms with Gasteiger partial charge in [-0.05, 0) is 72.2 Å². The summed E-state index contributed by atoms with van der Waals surface area (Å²) in [4.78, 5) is 10.5. The van der Waals surface area contributed by atoms with Crippen LogP contribution in [0.15, 0.2) is 48.8 Å². The molecule has 0 aromatic carbocycles. The largest absolute Gasteiger partial charge is 0.233 e. The zero-order valence-electron chi connectivity index (χ0n) is 27.8. The molecule has 0 saturated heterocycles. The molecule has 4 rings (SSSR count). The molecule has 0 fully saturated rings. The molecule has 41 heavy (non-hydrogen) atoms. The van der Waals surface area contributed by atoms with Crippen LogP contribution in [-0.2, 0) is 27.1 Å². The zero-order chi connectivity index (χ0) is 30.8. The second-order valence-electron chi connectivity index (χ2n) is 16.1.